The van der Waals surface area contributed by atoms with Gasteiger partial charge in [0, 0.05) is 50.2 Å². The maximum Gasteiger partial charge on any atom is 0.319 e. The highest BCUT2D eigenvalue weighted by molar-refractivity contribution is 5.89. The Morgan fingerprint density at radius 3 is 2.96 bits per heavy atom. The molecule has 2 amide bonds. The lowest BCUT2D eigenvalue weighted by molar-refractivity contribution is 0.251. The highest BCUT2D eigenvalue weighted by atomic mass is 16.2. The Bertz CT molecular complexity index is 852. The number of nitrogens with one attached hydrogen (secondary N) is 2. The molecule has 2 N–H and O–H groups in total. The van der Waals surface area contributed by atoms with E-state index in [1.165, 1.54) is 0 Å². The monoisotopic (exact) mass is 339 g/mol. The first-order chi connectivity index (χ1) is 12.2. The Balaban J connectivity index is 1.55. The Morgan fingerprint density at radius 2 is 2.20 bits per heavy atom. The van der Waals surface area contributed by atoms with E-state index in [4.69, 9.17) is 0 Å². The van der Waals surface area contributed by atoms with E-state index < -0.39 is 0 Å². The third kappa shape index (κ3) is 4.03. The molecule has 0 saturated heterocycles. The Labute approximate surface area is 145 Å². The predicted octanol–water partition coefficient (Wildman–Crippen LogP) is 2.06. The van der Waals surface area contributed by atoms with Crippen molar-refractivity contribution in [1.82, 2.24) is 29.6 Å². The molecule has 0 aliphatic heterocycles. The number of benzene rings is 1. The quantitative estimate of drug-likeness (QED) is 0.719. The molecule has 3 rings (SSSR count). The van der Waals surface area contributed by atoms with Crippen molar-refractivity contribution in [3.63, 3.8) is 0 Å². The third-order valence-electron chi connectivity index (χ3n) is 3.85. The number of urea groups is 1. The van der Waals surface area contributed by atoms with Gasteiger partial charge in [0.15, 0.2) is 0 Å². The molecule has 8 heteroatoms. The minimum Gasteiger partial charge on any atom is -0.336 e. The molecule has 1 aromatic carbocycles. The summed E-state index contributed by atoms with van der Waals surface area (Å²) in [7, 11) is 1.94. The molecular formula is C17H21N7O. The number of nitrogens with zero attached hydrogens (tertiary/aromatic N) is 5. The number of hydrogen-bond acceptors (Lipinski definition) is 4. The summed E-state index contributed by atoms with van der Waals surface area (Å²) < 4.78 is 3.87. The smallest absolute Gasteiger partial charge is 0.319 e. The average Bonchev–Trinajstić information content (AvgIpc) is 3.23. The van der Waals surface area contributed by atoms with E-state index in [-0.39, 0.29) is 6.03 Å². The summed E-state index contributed by atoms with van der Waals surface area (Å²) in [6.07, 6.45) is 6.12. The molecule has 3 aromatic rings. The van der Waals surface area contributed by atoms with Crippen molar-refractivity contribution >= 4 is 11.7 Å². The number of hydrogen-bond donors (Lipinski definition) is 2. The fourth-order valence-corrected chi connectivity index (χ4v) is 2.58. The standard InChI is InChI=1S/C17H21N7O/c1-3-15-22-20-12-24(15)10-8-19-17(25)21-14-6-4-5-13(11-14)16-18-7-9-23(16)2/h4-7,9,11-12H,3,8,10H2,1-2H3,(H2,19,21,25). The first kappa shape index (κ1) is 16.7. The summed E-state index contributed by atoms with van der Waals surface area (Å²) >= 11 is 0. The van der Waals surface area contributed by atoms with Gasteiger partial charge in [-0.15, -0.1) is 10.2 Å². The number of aryl methyl sites for hydroxylation is 2. The molecule has 25 heavy (non-hydrogen) atoms. The van der Waals surface area contributed by atoms with Gasteiger partial charge in [-0.05, 0) is 12.1 Å². The van der Waals surface area contributed by atoms with E-state index in [0.717, 1.165) is 29.3 Å². The van der Waals surface area contributed by atoms with Gasteiger partial charge in [-0.1, -0.05) is 19.1 Å². The molecule has 0 unspecified atom stereocenters. The van der Waals surface area contributed by atoms with Gasteiger partial charge < -0.3 is 19.8 Å². The molecule has 8 nitrogen and oxygen atoms in total. The van der Waals surface area contributed by atoms with Crippen LogP contribution < -0.4 is 10.6 Å². The molecule has 0 fully saturated rings. The van der Waals surface area contributed by atoms with Crippen LogP contribution in [0.15, 0.2) is 43.0 Å². The van der Waals surface area contributed by atoms with Gasteiger partial charge in [0.2, 0.25) is 0 Å². The molecule has 0 aliphatic rings. The van der Waals surface area contributed by atoms with Crippen molar-refractivity contribution < 1.29 is 4.79 Å². The minimum atomic E-state index is -0.247. The summed E-state index contributed by atoms with van der Waals surface area (Å²) in [5.74, 6) is 1.76. The fraction of sp³-hybridized carbons (Fsp3) is 0.294. The summed E-state index contributed by atoms with van der Waals surface area (Å²) in [5.41, 5.74) is 1.67. The van der Waals surface area contributed by atoms with Crippen LogP contribution in [-0.2, 0) is 20.0 Å². The molecule has 0 spiro atoms. The number of rotatable bonds is 6. The van der Waals surface area contributed by atoms with Crippen LogP contribution in [0.5, 0.6) is 0 Å². The zero-order valence-electron chi connectivity index (χ0n) is 14.3. The van der Waals surface area contributed by atoms with Crippen LogP contribution in [-0.4, -0.2) is 36.9 Å². The van der Waals surface area contributed by atoms with Gasteiger partial charge in [-0.3, -0.25) is 0 Å². The molecule has 2 aromatic heterocycles. The van der Waals surface area contributed by atoms with Gasteiger partial charge in [0.05, 0.1) is 0 Å². The normalized spacial score (nSPS) is 10.6. The summed E-state index contributed by atoms with van der Waals surface area (Å²) in [6, 6.07) is 7.36. The van der Waals surface area contributed by atoms with Crippen LogP contribution in [0.25, 0.3) is 11.4 Å². The lowest BCUT2D eigenvalue weighted by atomic mass is 10.2. The maximum atomic E-state index is 12.1. The second kappa shape index (κ2) is 7.61. The molecule has 0 saturated carbocycles. The third-order valence-corrected chi connectivity index (χ3v) is 3.85. The molecule has 0 atom stereocenters. The Kier molecular flexibility index (Phi) is 5.08. The number of carbonyl (C=O) groups excluding carboxylic acids is 1. The minimum absolute atomic E-state index is 0.247. The van der Waals surface area contributed by atoms with Crippen LogP contribution >= 0.6 is 0 Å². The fourth-order valence-electron chi connectivity index (χ4n) is 2.58. The Morgan fingerprint density at radius 1 is 1.32 bits per heavy atom. The predicted molar refractivity (Wildman–Crippen MR) is 95.1 cm³/mol. The second-order valence-corrected chi connectivity index (χ2v) is 5.62. The first-order valence-corrected chi connectivity index (χ1v) is 8.16. The van der Waals surface area contributed by atoms with Crippen molar-refractivity contribution in [3.8, 4) is 11.4 Å². The summed E-state index contributed by atoms with van der Waals surface area (Å²) in [5, 5.41) is 13.6. The van der Waals surface area contributed by atoms with Crippen LogP contribution in [0.3, 0.4) is 0 Å². The summed E-state index contributed by atoms with van der Waals surface area (Å²) in [4.78, 5) is 16.4. The van der Waals surface area contributed by atoms with E-state index in [0.29, 0.717) is 13.1 Å². The molecular weight excluding hydrogens is 318 g/mol. The van der Waals surface area contributed by atoms with E-state index in [2.05, 4.69) is 25.8 Å². The number of aromatic nitrogens is 5. The largest absolute Gasteiger partial charge is 0.336 e. The lowest BCUT2D eigenvalue weighted by Gasteiger charge is -2.10. The van der Waals surface area contributed by atoms with Gasteiger partial charge in [-0.25, -0.2) is 9.78 Å². The van der Waals surface area contributed by atoms with E-state index >= 15 is 0 Å². The van der Waals surface area contributed by atoms with Gasteiger partial charge in [-0.2, -0.15) is 0 Å². The molecule has 0 aliphatic carbocycles. The van der Waals surface area contributed by atoms with Crippen molar-refractivity contribution in [2.45, 2.75) is 19.9 Å². The topological polar surface area (TPSA) is 89.7 Å². The molecule has 0 bridgehead atoms. The van der Waals surface area contributed by atoms with Crippen LogP contribution in [0, 0.1) is 0 Å². The average molecular weight is 339 g/mol. The number of anilines is 1. The zero-order valence-corrected chi connectivity index (χ0v) is 14.3. The summed E-state index contributed by atoms with van der Waals surface area (Å²) in [6.45, 7) is 3.15. The van der Waals surface area contributed by atoms with Crippen molar-refractivity contribution in [2.24, 2.45) is 7.05 Å². The van der Waals surface area contributed by atoms with Crippen molar-refractivity contribution in [2.75, 3.05) is 11.9 Å². The highest BCUT2D eigenvalue weighted by Gasteiger charge is 2.07. The van der Waals surface area contributed by atoms with Gasteiger partial charge in [0.1, 0.15) is 18.0 Å². The number of imidazole rings is 1. The second-order valence-electron chi connectivity index (χ2n) is 5.62. The van der Waals surface area contributed by atoms with Crippen LogP contribution in [0.4, 0.5) is 10.5 Å². The highest BCUT2D eigenvalue weighted by Crippen LogP contribution is 2.20. The number of carbonyl (C=O) groups is 1. The molecule has 0 radical (unpaired) electrons. The van der Waals surface area contributed by atoms with Crippen LogP contribution in [0.2, 0.25) is 0 Å². The SMILES string of the molecule is CCc1nncn1CCNC(=O)Nc1cccc(-c2nccn2C)c1. The Hall–Kier alpha value is -3.16. The first-order valence-electron chi connectivity index (χ1n) is 8.16. The van der Waals surface area contributed by atoms with E-state index in [9.17, 15) is 4.79 Å². The molecule has 2 heterocycles. The van der Waals surface area contributed by atoms with Gasteiger partial charge >= 0.3 is 6.03 Å². The van der Waals surface area contributed by atoms with Crippen molar-refractivity contribution in [1.29, 1.82) is 0 Å². The lowest BCUT2D eigenvalue weighted by Crippen LogP contribution is -2.31. The van der Waals surface area contributed by atoms with E-state index in [1.54, 1.807) is 12.5 Å². The maximum absolute atomic E-state index is 12.1. The molecule has 130 valence electrons. The van der Waals surface area contributed by atoms with Crippen molar-refractivity contribution in [3.05, 3.63) is 48.8 Å². The van der Waals surface area contributed by atoms with E-state index in [1.807, 2.05) is 53.6 Å². The number of amides is 2. The zero-order chi connectivity index (χ0) is 17.6. The van der Waals surface area contributed by atoms with Gasteiger partial charge in [0.25, 0.3) is 0 Å². The van der Waals surface area contributed by atoms with Crippen LogP contribution in [0.1, 0.15) is 12.7 Å².